The lowest BCUT2D eigenvalue weighted by Crippen LogP contribution is -2.33. The molecule has 1 aromatic rings. The van der Waals surface area contributed by atoms with Crippen LogP contribution in [-0.2, 0) is 9.59 Å². The largest absolute Gasteiger partial charge is 0.481 e. The topological polar surface area (TPSA) is 60.9 Å². The Kier molecular flexibility index (Phi) is 3.82. The van der Waals surface area contributed by atoms with Gasteiger partial charge in [0.15, 0.2) is 0 Å². The summed E-state index contributed by atoms with van der Waals surface area (Å²) in [4.78, 5) is 27.2. The predicted molar refractivity (Wildman–Crippen MR) is 80.6 cm³/mol. The van der Waals surface area contributed by atoms with Gasteiger partial charge in [-0.3, -0.25) is 9.59 Å². The summed E-state index contributed by atoms with van der Waals surface area (Å²) >= 11 is 0. The fourth-order valence-corrected chi connectivity index (χ4v) is 3.20. The van der Waals surface area contributed by atoms with E-state index in [0.29, 0.717) is 0 Å². The number of aliphatic carboxylic acids is 1. The summed E-state index contributed by atoms with van der Waals surface area (Å²) in [6, 6.07) is 7.83. The first-order valence-corrected chi connectivity index (χ1v) is 7.54. The van der Waals surface area contributed by atoms with Crippen LogP contribution in [0.4, 0.5) is 11.4 Å². The van der Waals surface area contributed by atoms with E-state index in [1.54, 1.807) is 4.90 Å². The van der Waals surface area contributed by atoms with Gasteiger partial charge in [0, 0.05) is 26.1 Å². The molecule has 5 heteroatoms. The van der Waals surface area contributed by atoms with E-state index in [9.17, 15) is 9.59 Å². The monoisotopic (exact) mass is 288 g/mol. The van der Waals surface area contributed by atoms with E-state index in [4.69, 9.17) is 5.11 Å². The number of nitrogens with zero attached hydrogens (tertiary/aromatic N) is 2. The van der Waals surface area contributed by atoms with Crippen molar-refractivity contribution in [2.45, 2.75) is 25.7 Å². The number of benzene rings is 1. The Morgan fingerprint density at radius 2 is 1.76 bits per heavy atom. The predicted octanol–water partition coefficient (Wildman–Crippen LogP) is 2.11. The number of hydrogen-bond donors (Lipinski definition) is 1. The lowest BCUT2D eigenvalue weighted by molar-refractivity contribution is -0.141. The summed E-state index contributed by atoms with van der Waals surface area (Å²) in [5.41, 5.74) is 1.91. The third-order valence-corrected chi connectivity index (χ3v) is 4.34. The zero-order valence-electron chi connectivity index (χ0n) is 12.0. The molecule has 2 saturated heterocycles. The fraction of sp³-hybridized carbons (Fsp3) is 0.500. The molecule has 2 aliphatic heterocycles. The Morgan fingerprint density at radius 1 is 1.10 bits per heavy atom. The van der Waals surface area contributed by atoms with E-state index < -0.39 is 11.9 Å². The van der Waals surface area contributed by atoms with Gasteiger partial charge in [-0.1, -0.05) is 12.1 Å². The summed E-state index contributed by atoms with van der Waals surface area (Å²) < 4.78 is 0. The number of anilines is 2. The minimum absolute atomic E-state index is 0.0909. The minimum Gasteiger partial charge on any atom is -0.481 e. The van der Waals surface area contributed by atoms with Crippen molar-refractivity contribution in [1.29, 1.82) is 0 Å². The minimum atomic E-state index is -0.888. The molecule has 1 atom stereocenters. The molecule has 0 aliphatic carbocycles. The van der Waals surface area contributed by atoms with Crippen molar-refractivity contribution in [2.75, 3.05) is 29.4 Å². The number of carbonyl (C=O) groups excluding carboxylic acids is 1. The SMILES string of the molecule is O=C(O)C1CC(=O)N(c2ccccc2N2CCCCC2)C1. The van der Waals surface area contributed by atoms with Crippen molar-refractivity contribution in [3.05, 3.63) is 24.3 Å². The van der Waals surface area contributed by atoms with Crippen LogP contribution < -0.4 is 9.80 Å². The maximum Gasteiger partial charge on any atom is 0.308 e. The van der Waals surface area contributed by atoms with E-state index >= 15 is 0 Å². The van der Waals surface area contributed by atoms with Crippen LogP contribution >= 0.6 is 0 Å². The number of carboxylic acids is 1. The maximum atomic E-state index is 12.2. The molecule has 0 spiro atoms. The lowest BCUT2D eigenvalue weighted by Gasteiger charge is -2.32. The fourth-order valence-electron chi connectivity index (χ4n) is 3.20. The van der Waals surface area contributed by atoms with Crippen LogP contribution in [0.3, 0.4) is 0 Å². The first-order valence-electron chi connectivity index (χ1n) is 7.54. The van der Waals surface area contributed by atoms with Crippen molar-refractivity contribution < 1.29 is 14.7 Å². The van der Waals surface area contributed by atoms with Gasteiger partial charge >= 0.3 is 5.97 Å². The van der Waals surface area contributed by atoms with E-state index in [1.165, 1.54) is 19.3 Å². The number of hydrogen-bond acceptors (Lipinski definition) is 3. The Balaban J connectivity index is 1.88. The molecular formula is C16H20N2O3. The van der Waals surface area contributed by atoms with Crippen LogP contribution in [0.15, 0.2) is 24.3 Å². The van der Waals surface area contributed by atoms with Gasteiger partial charge in [0.05, 0.1) is 17.3 Å². The van der Waals surface area contributed by atoms with Gasteiger partial charge in [-0.2, -0.15) is 0 Å². The molecule has 112 valence electrons. The first-order chi connectivity index (χ1) is 10.2. The molecular weight excluding hydrogens is 268 g/mol. The van der Waals surface area contributed by atoms with Crippen LogP contribution in [-0.4, -0.2) is 36.6 Å². The average molecular weight is 288 g/mol. The molecule has 1 aromatic carbocycles. The van der Waals surface area contributed by atoms with Gasteiger partial charge in [0.25, 0.3) is 0 Å². The smallest absolute Gasteiger partial charge is 0.308 e. The molecule has 1 amide bonds. The van der Waals surface area contributed by atoms with Gasteiger partial charge in [0.1, 0.15) is 0 Å². The average Bonchev–Trinajstić information content (AvgIpc) is 2.90. The van der Waals surface area contributed by atoms with Gasteiger partial charge in [-0.15, -0.1) is 0 Å². The van der Waals surface area contributed by atoms with Crippen LogP contribution in [0.5, 0.6) is 0 Å². The van der Waals surface area contributed by atoms with Gasteiger partial charge in [0.2, 0.25) is 5.91 Å². The van der Waals surface area contributed by atoms with E-state index in [-0.39, 0.29) is 18.9 Å². The zero-order chi connectivity index (χ0) is 14.8. The molecule has 0 bridgehead atoms. The summed E-state index contributed by atoms with van der Waals surface area (Å²) in [5, 5.41) is 9.12. The lowest BCUT2D eigenvalue weighted by atomic mass is 10.1. The highest BCUT2D eigenvalue weighted by atomic mass is 16.4. The number of carbonyl (C=O) groups is 2. The van der Waals surface area contributed by atoms with E-state index in [1.807, 2.05) is 24.3 Å². The zero-order valence-corrected chi connectivity index (χ0v) is 12.0. The summed E-state index contributed by atoms with van der Waals surface area (Å²) in [6.45, 7) is 2.28. The van der Waals surface area contributed by atoms with Crippen LogP contribution in [0.25, 0.3) is 0 Å². The highest BCUT2D eigenvalue weighted by Gasteiger charge is 2.36. The van der Waals surface area contributed by atoms with Gasteiger partial charge in [-0.25, -0.2) is 0 Å². The molecule has 2 fully saturated rings. The third-order valence-electron chi connectivity index (χ3n) is 4.34. The highest BCUT2D eigenvalue weighted by Crippen LogP contribution is 2.34. The molecule has 5 nitrogen and oxygen atoms in total. The summed E-state index contributed by atoms with van der Waals surface area (Å²) in [5.74, 6) is -1.57. The van der Waals surface area contributed by atoms with Crippen molar-refractivity contribution in [1.82, 2.24) is 0 Å². The summed E-state index contributed by atoms with van der Waals surface area (Å²) in [7, 11) is 0. The molecule has 2 aliphatic rings. The second-order valence-corrected chi connectivity index (χ2v) is 5.78. The van der Waals surface area contributed by atoms with Crippen LogP contribution in [0.2, 0.25) is 0 Å². The number of para-hydroxylation sites is 2. The highest BCUT2D eigenvalue weighted by molar-refractivity contribution is 6.01. The van der Waals surface area contributed by atoms with E-state index in [0.717, 1.165) is 24.5 Å². The van der Waals surface area contributed by atoms with Crippen molar-refractivity contribution in [3.63, 3.8) is 0 Å². The number of amides is 1. The van der Waals surface area contributed by atoms with Gasteiger partial charge < -0.3 is 14.9 Å². The Morgan fingerprint density at radius 3 is 2.38 bits per heavy atom. The van der Waals surface area contributed by atoms with Crippen LogP contribution in [0.1, 0.15) is 25.7 Å². The number of carboxylic acid groups (broad SMARTS) is 1. The second kappa shape index (κ2) is 5.76. The summed E-state index contributed by atoms with van der Waals surface area (Å²) in [6.07, 6.45) is 3.69. The van der Waals surface area contributed by atoms with Gasteiger partial charge in [-0.05, 0) is 31.4 Å². The second-order valence-electron chi connectivity index (χ2n) is 5.78. The molecule has 3 rings (SSSR count). The molecule has 0 aromatic heterocycles. The molecule has 0 radical (unpaired) electrons. The molecule has 21 heavy (non-hydrogen) atoms. The van der Waals surface area contributed by atoms with Crippen molar-refractivity contribution in [3.8, 4) is 0 Å². The molecule has 1 N–H and O–H groups in total. The van der Waals surface area contributed by atoms with E-state index in [2.05, 4.69) is 4.90 Å². The Hall–Kier alpha value is -2.04. The quantitative estimate of drug-likeness (QED) is 0.925. The molecule has 1 unspecified atom stereocenters. The Labute approximate surface area is 124 Å². The third kappa shape index (κ3) is 2.73. The normalized spacial score (nSPS) is 22.7. The van der Waals surface area contributed by atoms with Crippen molar-refractivity contribution >= 4 is 23.3 Å². The molecule has 2 heterocycles. The van der Waals surface area contributed by atoms with Crippen molar-refractivity contribution in [2.24, 2.45) is 5.92 Å². The number of piperidine rings is 1. The maximum absolute atomic E-state index is 12.2. The number of rotatable bonds is 3. The van der Waals surface area contributed by atoms with Crippen LogP contribution in [0, 0.1) is 5.92 Å². The Bertz CT molecular complexity index is 552. The molecule has 0 saturated carbocycles. The standard InChI is InChI=1S/C16H20N2O3/c19-15-10-12(16(20)21)11-18(15)14-7-3-2-6-13(14)17-8-4-1-5-9-17/h2-3,6-7,12H,1,4-5,8-11H2,(H,20,21). The first kappa shape index (κ1) is 13.9.